The summed E-state index contributed by atoms with van der Waals surface area (Å²) in [4.78, 5) is 2.43. The van der Waals surface area contributed by atoms with Gasteiger partial charge in [0.2, 0.25) is 0 Å². The normalized spacial score (nSPS) is 21.0. The summed E-state index contributed by atoms with van der Waals surface area (Å²) < 4.78 is 16.8. The highest BCUT2D eigenvalue weighted by Gasteiger charge is 2.27. The molecule has 4 nitrogen and oxygen atoms in total. The monoisotopic (exact) mass is 245 g/mol. The van der Waals surface area contributed by atoms with Crippen molar-refractivity contribution in [3.8, 4) is 0 Å². The van der Waals surface area contributed by atoms with Crippen LogP contribution in [0.25, 0.3) is 0 Å². The summed E-state index contributed by atoms with van der Waals surface area (Å²) in [5, 5.41) is 0. The van der Waals surface area contributed by atoms with Crippen molar-refractivity contribution >= 4 is 0 Å². The van der Waals surface area contributed by atoms with Crippen molar-refractivity contribution in [1.29, 1.82) is 0 Å². The van der Waals surface area contributed by atoms with Crippen LogP contribution in [0.2, 0.25) is 0 Å². The third-order valence-electron chi connectivity index (χ3n) is 2.89. The maximum absolute atomic E-state index is 5.69. The molecule has 0 bridgehead atoms. The maximum Gasteiger partial charge on any atom is 0.158 e. The zero-order chi connectivity index (χ0) is 12.7. The highest BCUT2D eigenvalue weighted by Crippen LogP contribution is 2.17. The first-order chi connectivity index (χ1) is 8.07. The summed E-state index contributed by atoms with van der Waals surface area (Å²) in [6, 6.07) is 0. The van der Waals surface area contributed by atoms with Gasteiger partial charge < -0.3 is 14.2 Å². The lowest BCUT2D eigenvalue weighted by Crippen LogP contribution is -2.48. The molecule has 1 rings (SSSR count). The van der Waals surface area contributed by atoms with E-state index in [0.717, 1.165) is 32.7 Å². The van der Waals surface area contributed by atoms with Gasteiger partial charge in [0, 0.05) is 39.3 Å². The molecule has 1 saturated heterocycles. The predicted molar refractivity (Wildman–Crippen MR) is 68.1 cm³/mol. The molecular formula is C13H27NO3. The number of hydrogen-bond acceptors (Lipinski definition) is 4. The van der Waals surface area contributed by atoms with Crippen molar-refractivity contribution in [2.24, 2.45) is 0 Å². The molecule has 4 heteroatoms. The first-order valence-electron chi connectivity index (χ1n) is 6.67. The molecule has 0 aromatic rings. The number of morpholine rings is 1. The zero-order valence-corrected chi connectivity index (χ0v) is 11.7. The van der Waals surface area contributed by atoms with Gasteiger partial charge in [-0.3, -0.25) is 4.90 Å². The molecule has 0 saturated carbocycles. The van der Waals surface area contributed by atoms with Gasteiger partial charge in [0.25, 0.3) is 0 Å². The molecule has 0 aliphatic carbocycles. The van der Waals surface area contributed by atoms with Crippen LogP contribution in [-0.4, -0.2) is 56.2 Å². The molecule has 0 unspecified atom stereocenters. The summed E-state index contributed by atoms with van der Waals surface area (Å²) >= 11 is 0. The average molecular weight is 245 g/mol. The number of nitrogens with zero attached hydrogens (tertiary/aromatic N) is 1. The molecule has 1 aliphatic heterocycles. The van der Waals surface area contributed by atoms with Gasteiger partial charge in [0.05, 0.1) is 12.2 Å². The van der Waals surface area contributed by atoms with Crippen molar-refractivity contribution in [1.82, 2.24) is 4.90 Å². The van der Waals surface area contributed by atoms with Gasteiger partial charge in [-0.25, -0.2) is 0 Å². The number of ether oxygens (including phenoxy) is 3. The second kappa shape index (κ2) is 7.31. The molecular weight excluding hydrogens is 218 g/mol. The Morgan fingerprint density at radius 1 is 1.24 bits per heavy atom. The van der Waals surface area contributed by atoms with Crippen LogP contribution in [0.5, 0.6) is 0 Å². The fourth-order valence-electron chi connectivity index (χ4n) is 2.18. The third kappa shape index (κ3) is 5.82. The van der Waals surface area contributed by atoms with E-state index in [2.05, 4.69) is 18.7 Å². The molecule has 0 aromatic carbocycles. The van der Waals surface area contributed by atoms with Gasteiger partial charge >= 0.3 is 0 Å². The summed E-state index contributed by atoms with van der Waals surface area (Å²) in [5.74, 6) is 0. The van der Waals surface area contributed by atoms with Crippen molar-refractivity contribution < 1.29 is 14.2 Å². The van der Waals surface area contributed by atoms with Crippen LogP contribution in [0, 0.1) is 0 Å². The quantitative estimate of drug-likeness (QED) is 0.641. The molecule has 1 heterocycles. The van der Waals surface area contributed by atoms with Crippen LogP contribution >= 0.6 is 0 Å². The minimum atomic E-state index is -0.0593. The van der Waals surface area contributed by atoms with E-state index in [9.17, 15) is 0 Å². The van der Waals surface area contributed by atoms with Crippen LogP contribution in [-0.2, 0) is 14.2 Å². The Morgan fingerprint density at radius 2 is 1.88 bits per heavy atom. The average Bonchev–Trinajstić information content (AvgIpc) is 2.25. The van der Waals surface area contributed by atoms with Crippen molar-refractivity contribution in [2.75, 3.05) is 39.5 Å². The fraction of sp³-hybridized carbons (Fsp3) is 1.00. The second-order valence-corrected chi connectivity index (χ2v) is 5.01. The molecule has 1 aliphatic rings. The molecule has 0 aromatic heterocycles. The van der Waals surface area contributed by atoms with Gasteiger partial charge in [-0.05, 0) is 27.7 Å². The standard InChI is InChI=1S/C13H27NO3/c1-5-15-12(16-6-2)7-8-14-9-10-17-13(3,4)11-14/h12H,5-11H2,1-4H3. The molecule has 0 spiro atoms. The van der Waals surface area contributed by atoms with Gasteiger partial charge in [-0.2, -0.15) is 0 Å². The SMILES string of the molecule is CCOC(CCN1CCOC(C)(C)C1)OCC. The topological polar surface area (TPSA) is 30.9 Å². The smallest absolute Gasteiger partial charge is 0.158 e. The third-order valence-corrected chi connectivity index (χ3v) is 2.89. The molecule has 0 atom stereocenters. The van der Waals surface area contributed by atoms with E-state index in [0.29, 0.717) is 13.2 Å². The first-order valence-corrected chi connectivity index (χ1v) is 6.67. The molecule has 17 heavy (non-hydrogen) atoms. The van der Waals surface area contributed by atoms with Gasteiger partial charge in [-0.1, -0.05) is 0 Å². The van der Waals surface area contributed by atoms with E-state index in [1.54, 1.807) is 0 Å². The number of rotatable bonds is 7. The lowest BCUT2D eigenvalue weighted by molar-refractivity contribution is -0.147. The van der Waals surface area contributed by atoms with E-state index in [4.69, 9.17) is 14.2 Å². The summed E-state index contributed by atoms with van der Waals surface area (Å²) in [6.45, 7) is 13.5. The fourth-order valence-corrected chi connectivity index (χ4v) is 2.18. The van der Waals surface area contributed by atoms with Crippen LogP contribution < -0.4 is 0 Å². The summed E-state index contributed by atoms with van der Waals surface area (Å²) in [6.07, 6.45) is 0.869. The Morgan fingerprint density at radius 3 is 2.41 bits per heavy atom. The Bertz CT molecular complexity index is 203. The largest absolute Gasteiger partial charge is 0.373 e. The Balaban J connectivity index is 2.27. The molecule has 1 fully saturated rings. The minimum Gasteiger partial charge on any atom is -0.373 e. The summed E-state index contributed by atoms with van der Waals surface area (Å²) in [5.41, 5.74) is -0.0228. The van der Waals surface area contributed by atoms with E-state index >= 15 is 0 Å². The zero-order valence-electron chi connectivity index (χ0n) is 11.7. The van der Waals surface area contributed by atoms with Crippen LogP contribution in [0.4, 0.5) is 0 Å². The molecule has 0 radical (unpaired) electrons. The lowest BCUT2D eigenvalue weighted by atomic mass is 10.1. The van der Waals surface area contributed by atoms with E-state index in [1.165, 1.54) is 0 Å². The van der Waals surface area contributed by atoms with Gasteiger partial charge in [0.1, 0.15) is 0 Å². The number of hydrogen-bond donors (Lipinski definition) is 0. The highest BCUT2D eigenvalue weighted by atomic mass is 16.7. The Kier molecular flexibility index (Phi) is 6.41. The van der Waals surface area contributed by atoms with Crippen LogP contribution in [0.3, 0.4) is 0 Å². The molecule has 0 N–H and O–H groups in total. The van der Waals surface area contributed by atoms with Crippen LogP contribution in [0.15, 0.2) is 0 Å². The van der Waals surface area contributed by atoms with Crippen molar-refractivity contribution in [3.05, 3.63) is 0 Å². The Labute approximate surface area is 105 Å². The van der Waals surface area contributed by atoms with Gasteiger partial charge in [0.15, 0.2) is 6.29 Å². The second-order valence-electron chi connectivity index (χ2n) is 5.01. The van der Waals surface area contributed by atoms with Crippen LogP contribution in [0.1, 0.15) is 34.1 Å². The summed E-state index contributed by atoms with van der Waals surface area (Å²) in [7, 11) is 0. The van der Waals surface area contributed by atoms with E-state index in [-0.39, 0.29) is 11.9 Å². The predicted octanol–water partition coefficient (Wildman–Crippen LogP) is 1.89. The lowest BCUT2D eigenvalue weighted by Gasteiger charge is -2.38. The maximum atomic E-state index is 5.69. The highest BCUT2D eigenvalue weighted by molar-refractivity contribution is 4.79. The van der Waals surface area contributed by atoms with E-state index < -0.39 is 0 Å². The first kappa shape index (κ1) is 14.9. The minimum absolute atomic E-state index is 0.0228. The molecule has 102 valence electrons. The van der Waals surface area contributed by atoms with E-state index in [1.807, 2.05) is 13.8 Å². The molecule has 0 amide bonds. The van der Waals surface area contributed by atoms with Crippen molar-refractivity contribution in [3.63, 3.8) is 0 Å². The Hall–Kier alpha value is -0.160. The van der Waals surface area contributed by atoms with Gasteiger partial charge in [-0.15, -0.1) is 0 Å². The van der Waals surface area contributed by atoms with Crippen molar-refractivity contribution in [2.45, 2.75) is 46.0 Å².